The number of fused-ring (bicyclic) bond motifs is 1. The summed E-state index contributed by atoms with van der Waals surface area (Å²) in [7, 11) is 0. The van der Waals surface area contributed by atoms with E-state index in [9.17, 15) is 14.4 Å². The van der Waals surface area contributed by atoms with Crippen molar-refractivity contribution in [3.63, 3.8) is 0 Å². The topological polar surface area (TPSA) is 71.3 Å². The number of hydrogen-bond acceptors (Lipinski definition) is 4. The molecule has 174 valence electrons. The van der Waals surface area contributed by atoms with Gasteiger partial charge in [-0.25, -0.2) is 4.39 Å². The monoisotopic (exact) mass is 466 g/mol. The van der Waals surface area contributed by atoms with Gasteiger partial charge in [0.05, 0.1) is 6.61 Å². The van der Waals surface area contributed by atoms with E-state index in [0.717, 1.165) is 10.8 Å². The zero-order valence-corrected chi connectivity index (χ0v) is 19.1. The summed E-state index contributed by atoms with van der Waals surface area (Å²) in [5.74, 6) is 0.213. The Morgan fingerprint density at radius 3 is 2.46 bits per heavy atom. The summed E-state index contributed by atoms with van der Waals surface area (Å²) in [5.41, 5.74) is 1.42. The van der Waals surface area contributed by atoms with Crippen molar-refractivity contribution in [2.45, 2.75) is 13.5 Å². The average Bonchev–Trinajstić information content (AvgIpc) is 2.88. The number of nitrogens with zero attached hydrogens (tertiary/aromatic N) is 1. The molecule has 4 aromatic carbocycles. The highest BCUT2D eigenvalue weighted by Gasteiger charge is 2.14. The Morgan fingerprint density at radius 2 is 1.71 bits per heavy atom. The Kier molecular flexibility index (Phi) is 7.39. The molecule has 1 N–H and O–H groups in total. The zero-order valence-electron chi connectivity index (χ0n) is 19.1. The van der Waals surface area contributed by atoms with Crippen molar-refractivity contribution >= 4 is 28.4 Å². The van der Waals surface area contributed by atoms with Gasteiger partial charge in [-0.3, -0.25) is 4.79 Å². The molecule has 35 heavy (non-hydrogen) atoms. The SMILES string of the molecule is CCOc1ccc(NC(=O)/C(C#N)=C/c2c(OCc3ccccc3F)ccc3ccccc23)cc1. The molecule has 5 nitrogen and oxygen atoms in total. The predicted octanol–water partition coefficient (Wildman–Crippen LogP) is 6.50. The van der Waals surface area contributed by atoms with Crippen LogP contribution in [0.25, 0.3) is 16.8 Å². The van der Waals surface area contributed by atoms with Crippen LogP contribution in [0, 0.1) is 17.1 Å². The van der Waals surface area contributed by atoms with Crippen molar-refractivity contribution in [3.8, 4) is 17.6 Å². The molecule has 4 rings (SSSR count). The largest absolute Gasteiger partial charge is 0.494 e. The molecule has 6 heteroatoms. The Morgan fingerprint density at radius 1 is 0.971 bits per heavy atom. The number of anilines is 1. The maximum Gasteiger partial charge on any atom is 0.266 e. The second-order valence-corrected chi connectivity index (χ2v) is 7.66. The van der Waals surface area contributed by atoms with Crippen molar-refractivity contribution in [1.29, 1.82) is 5.26 Å². The van der Waals surface area contributed by atoms with Crippen LogP contribution in [0.1, 0.15) is 18.1 Å². The van der Waals surface area contributed by atoms with Gasteiger partial charge in [0.1, 0.15) is 35.6 Å². The molecule has 0 fully saturated rings. The molecule has 0 heterocycles. The van der Waals surface area contributed by atoms with Crippen molar-refractivity contribution in [3.05, 3.63) is 107 Å². The van der Waals surface area contributed by atoms with E-state index in [1.807, 2.05) is 43.3 Å². The number of halogens is 1. The molecule has 0 atom stereocenters. The Balaban J connectivity index is 1.65. The summed E-state index contributed by atoms with van der Waals surface area (Å²) in [6, 6.07) is 26.5. The summed E-state index contributed by atoms with van der Waals surface area (Å²) in [5, 5.41) is 14.2. The minimum atomic E-state index is -0.551. The summed E-state index contributed by atoms with van der Waals surface area (Å²) in [4.78, 5) is 12.9. The number of amides is 1. The highest BCUT2D eigenvalue weighted by Crippen LogP contribution is 2.31. The predicted molar refractivity (Wildman–Crippen MR) is 135 cm³/mol. The van der Waals surface area contributed by atoms with E-state index in [1.54, 1.807) is 48.5 Å². The zero-order chi connectivity index (χ0) is 24.6. The number of rotatable bonds is 8. The van der Waals surface area contributed by atoms with Crippen LogP contribution in [0.2, 0.25) is 0 Å². The van der Waals surface area contributed by atoms with Crippen molar-refractivity contribution in [2.75, 3.05) is 11.9 Å². The van der Waals surface area contributed by atoms with Gasteiger partial charge in [-0.15, -0.1) is 0 Å². The van der Waals surface area contributed by atoms with E-state index in [0.29, 0.717) is 34.9 Å². The first-order valence-corrected chi connectivity index (χ1v) is 11.1. The highest BCUT2D eigenvalue weighted by molar-refractivity contribution is 6.11. The molecule has 0 aromatic heterocycles. The van der Waals surface area contributed by atoms with Gasteiger partial charge in [0.2, 0.25) is 0 Å². The van der Waals surface area contributed by atoms with E-state index in [2.05, 4.69) is 5.32 Å². The molecular formula is C29H23FN2O3. The van der Waals surface area contributed by atoms with Crippen LogP contribution in [0.15, 0.2) is 90.5 Å². The Hall–Kier alpha value is -4.63. The molecule has 0 aliphatic heterocycles. The van der Waals surface area contributed by atoms with Crippen LogP contribution < -0.4 is 14.8 Å². The normalized spacial score (nSPS) is 11.1. The van der Waals surface area contributed by atoms with E-state index in [1.165, 1.54) is 12.1 Å². The van der Waals surface area contributed by atoms with Gasteiger partial charge in [0, 0.05) is 16.8 Å². The quantitative estimate of drug-likeness (QED) is 0.238. The molecule has 0 saturated carbocycles. The Bertz CT molecular complexity index is 1420. The maximum atomic E-state index is 14.1. The van der Waals surface area contributed by atoms with Crippen LogP contribution >= 0.6 is 0 Å². The van der Waals surface area contributed by atoms with E-state index >= 15 is 0 Å². The first-order valence-electron chi connectivity index (χ1n) is 11.1. The summed E-state index contributed by atoms with van der Waals surface area (Å²) >= 11 is 0. The van der Waals surface area contributed by atoms with Crippen molar-refractivity contribution in [1.82, 2.24) is 0 Å². The van der Waals surface area contributed by atoms with Gasteiger partial charge in [-0.1, -0.05) is 48.5 Å². The van der Waals surface area contributed by atoms with E-state index in [-0.39, 0.29) is 18.0 Å². The number of carbonyl (C=O) groups excluding carboxylic acids is 1. The molecule has 0 bridgehead atoms. The van der Waals surface area contributed by atoms with Crippen LogP contribution in [0.3, 0.4) is 0 Å². The molecule has 0 unspecified atom stereocenters. The third-order valence-electron chi connectivity index (χ3n) is 5.35. The van der Waals surface area contributed by atoms with Crippen LogP contribution in [0.5, 0.6) is 11.5 Å². The van der Waals surface area contributed by atoms with Gasteiger partial charge in [0.15, 0.2) is 0 Å². The average molecular weight is 467 g/mol. The molecule has 4 aromatic rings. The van der Waals surface area contributed by atoms with Gasteiger partial charge in [-0.2, -0.15) is 5.26 Å². The fourth-order valence-corrected chi connectivity index (χ4v) is 3.61. The Labute approximate surface area is 203 Å². The van der Waals surface area contributed by atoms with Crippen molar-refractivity contribution in [2.24, 2.45) is 0 Å². The van der Waals surface area contributed by atoms with Gasteiger partial charge in [-0.05, 0) is 60.2 Å². The summed E-state index contributed by atoms with van der Waals surface area (Å²) in [6.07, 6.45) is 1.50. The lowest BCUT2D eigenvalue weighted by molar-refractivity contribution is -0.112. The number of nitriles is 1. The second-order valence-electron chi connectivity index (χ2n) is 7.66. The third kappa shape index (κ3) is 5.66. The molecule has 0 saturated heterocycles. The fraction of sp³-hybridized carbons (Fsp3) is 0.103. The number of benzene rings is 4. The number of ether oxygens (including phenoxy) is 2. The molecule has 0 aliphatic carbocycles. The fourth-order valence-electron chi connectivity index (χ4n) is 3.61. The molecule has 0 radical (unpaired) electrons. The minimum Gasteiger partial charge on any atom is -0.494 e. The summed E-state index contributed by atoms with van der Waals surface area (Å²) in [6.45, 7) is 2.44. The first-order chi connectivity index (χ1) is 17.1. The first kappa shape index (κ1) is 23.5. The molecular weight excluding hydrogens is 443 g/mol. The minimum absolute atomic E-state index is 0.00607. The van der Waals surface area contributed by atoms with Crippen LogP contribution in [0.4, 0.5) is 10.1 Å². The highest BCUT2D eigenvalue weighted by atomic mass is 19.1. The van der Waals surface area contributed by atoms with E-state index in [4.69, 9.17) is 9.47 Å². The van der Waals surface area contributed by atoms with Gasteiger partial charge in [0.25, 0.3) is 5.91 Å². The van der Waals surface area contributed by atoms with Crippen LogP contribution in [-0.4, -0.2) is 12.5 Å². The smallest absolute Gasteiger partial charge is 0.266 e. The van der Waals surface area contributed by atoms with Crippen LogP contribution in [-0.2, 0) is 11.4 Å². The third-order valence-corrected chi connectivity index (χ3v) is 5.35. The van der Waals surface area contributed by atoms with Gasteiger partial charge < -0.3 is 14.8 Å². The number of nitrogens with one attached hydrogen (secondary N) is 1. The number of hydrogen-bond donors (Lipinski definition) is 1. The second kappa shape index (κ2) is 11.0. The molecule has 1 amide bonds. The summed E-state index contributed by atoms with van der Waals surface area (Å²) < 4.78 is 25.5. The standard InChI is InChI=1S/C29H23FN2O3/c1-2-34-24-14-12-23(13-15-24)32-29(33)22(18-31)17-26-25-9-5-3-7-20(25)11-16-28(26)35-19-21-8-4-6-10-27(21)30/h3-17H,2,19H2,1H3,(H,32,33)/b22-17+. The van der Waals surface area contributed by atoms with E-state index < -0.39 is 5.91 Å². The number of carbonyl (C=O) groups is 1. The lowest BCUT2D eigenvalue weighted by Gasteiger charge is -2.13. The lowest BCUT2D eigenvalue weighted by Crippen LogP contribution is -2.13. The lowest BCUT2D eigenvalue weighted by atomic mass is 10.0. The molecule has 0 aliphatic rings. The van der Waals surface area contributed by atoms with Gasteiger partial charge >= 0.3 is 0 Å². The van der Waals surface area contributed by atoms with Crippen molar-refractivity contribution < 1.29 is 18.7 Å². The maximum absolute atomic E-state index is 14.1. The molecule has 0 spiro atoms.